The monoisotopic (exact) mass is 372 g/mol. The number of esters is 1. The van der Waals surface area contributed by atoms with Gasteiger partial charge in [-0.2, -0.15) is 0 Å². The van der Waals surface area contributed by atoms with Crippen LogP contribution in [0.3, 0.4) is 0 Å². The lowest BCUT2D eigenvalue weighted by Crippen LogP contribution is -2.24. The van der Waals surface area contributed by atoms with Crippen molar-refractivity contribution >= 4 is 21.9 Å². The molecule has 0 aromatic heterocycles. The Bertz CT molecular complexity index is 546. The number of hydrogen-bond donors (Lipinski definition) is 0. The summed E-state index contributed by atoms with van der Waals surface area (Å²) in [5, 5.41) is 0. The van der Waals surface area contributed by atoms with Gasteiger partial charge in [-0.3, -0.25) is 0 Å². The second-order valence-corrected chi connectivity index (χ2v) is 7.58. The lowest BCUT2D eigenvalue weighted by Gasteiger charge is -2.20. The van der Waals surface area contributed by atoms with Gasteiger partial charge >= 0.3 is 5.97 Å². The van der Waals surface area contributed by atoms with Crippen molar-refractivity contribution in [2.75, 3.05) is 6.61 Å². The van der Waals surface area contributed by atoms with Crippen LogP contribution < -0.4 is 4.74 Å². The first-order valence-corrected chi connectivity index (χ1v) is 8.41. The van der Waals surface area contributed by atoms with Crippen molar-refractivity contribution in [1.82, 2.24) is 0 Å². The van der Waals surface area contributed by atoms with E-state index in [-0.39, 0.29) is 5.56 Å². The summed E-state index contributed by atoms with van der Waals surface area (Å²) in [6, 6.07) is 2.67. The summed E-state index contributed by atoms with van der Waals surface area (Å²) in [6.07, 6.45) is 4.80. The molecule has 0 amide bonds. The smallest absolute Gasteiger partial charge is 0.341 e. The van der Waals surface area contributed by atoms with E-state index < -0.39 is 17.4 Å². The quantitative estimate of drug-likeness (QED) is 0.688. The molecule has 1 aliphatic carbocycles. The number of benzene rings is 1. The maximum absolute atomic E-state index is 14.2. The molecule has 0 spiro atoms. The average Bonchev–Trinajstić information content (AvgIpc) is 2.90. The lowest BCUT2D eigenvalue weighted by molar-refractivity contribution is 0.00646. The molecule has 0 atom stereocenters. The van der Waals surface area contributed by atoms with Gasteiger partial charge in [0.25, 0.3) is 0 Å². The summed E-state index contributed by atoms with van der Waals surface area (Å²) in [7, 11) is 0. The van der Waals surface area contributed by atoms with Crippen molar-refractivity contribution in [3.05, 3.63) is 28.0 Å². The van der Waals surface area contributed by atoms with Crippen LogP contribution >= 0.6 is 15.9 Å². The maximum Gasteiger partial charge on any atom is 0.341 e. The lowest BCUT2D eigenvalue weighted by atomic mass is 10.1. The number of halogens is 2. The van der Waals surface area contributed by atoms with Crippen LogP contribution in [0.1, 0.15) is 56.8 Å². The Hall–Kier alpha value is -1.10. The topological polar surface area (TPSA) is 35.5 Å². The van der Waals surface area contributed by atoms with Crippen molar-refractivity contribution in [1.29, 1.82) is 0 Å². The summed E-state index contributed by atoms with van der Waals surface area (Å²) >= 11 is 3.34. The first kappa shape index (κ1) is 17.3. The molecule has 0 saturated heterocycles. The zero-order chi connectivity index (χ0) is 16.3. The van der Waals surface area contributed by atoms with Crippen LogP contribution in [0.25, 0.3) is 0 Å². The Balaban J connectivity index is 2.08. The molecular weight excluding hydrogens is 351 g/mol. The van der Waals surface area contributed by atoms with Crippen LogP contribution in [0.4, 0.5) is 4.39 Å². The SMILES string of the molecule is CC(C)(C)OC(=O)c1cc(Br)c(OCC2CCCC2)cc1F. The zero-order valence-corrected chi connectivity index (χ0v) is 14.8. The van der Waals surface area contributed by atoms with Gasteiger partial charge in [0, 0.05) is 6.07 Å². The Morgan fingerprint density at radius 1 is 1.32 bits per heavy atom. The number of rotatable bonds is 4. The van der Waals surface area contributed by atoms with Gasteiger partial charge in [0.15, 0.2) is 0 Å². The Morgan fingerprint density at radius 3 is 2.55 bits per heavy atom. The Labute approximate surface area is 139 Å². The van der Waals surface area contributed by atoms with E-state index in [2.05, 4.69) is 15.9 Å². The molecule has 5 heteroatoms. The van der Waals surface area contributed by atoms with Crippen molar-refractivity contribution in [3.63, 3.8) is 0 Å². The Kier molecular flexibility index (Phi) is 5.48. The van der Waals surface area contributed by atoms with Crippen LogP contribution in [0.15, 0.2) is 16.6 Å². The predicted octanol–water partition coefficient (Wildman–Crippen LogP) is 5.11. The first-order chi connectivity index (χ1) is 10.3. The number of carbonyl (C=O) groups is 1. The van der Waals surface area contributed by atoms with Crippen LogP contribution in [0.2, 0.25) is 0 Å². The van der Waals surface area contributed by atoms with Crippen molar-refractivity contribution in [2.24, 2.45) is 5.92 Å². The number of carbonyl (C=O) groups excluding carboxylic acids is 1. The van der Waals surface area contributed by atoms with Crippen molar-refractivity contribution < 1.29 is 18.7 Å². The third-order valence-electron chi connectivity index (χ3n) is 3.59. The molecule has 2 rings (SSSR count). The highest BCUT2D eigenvalue weighted by Crippen LogP contribution is 2.31. The molecule has 1 fully saturated rings. The van der Waals surface area contributed by atoms with Gasteiger partial charge in [0.1, 0.15) is 17.2 Å². The minimum Gasteiger partial charge on any atom is -0.492 e. The molecule has 122 valence electrons. The Morgan fingerprint density at radius 2 is 1.95 bits per heavy atom. The molecule has 0 N–H and O–H groups in total. The maximum atomic E-state index is 14.2. The molecule has 22 heavy (non-hydrogen) atoms. The molecule has 1 aliphatic rings. The third-order valence-corrected chi connectivity index (χ3v) is 4.21. The van der Waals surface area contributed by atoms with E-state index in [4.69, 9.17) is 9.47 Å². The molecule has 3 nitrogen and oxygen atoms in total. The van der Waals surface area contributed by atoms with Crippen LogP contribution in [-0.4, -0.2) is 18.2 Å². The van der Waals surface area contributed by atoms with Crippen LogP contribution in [0.5, 0.6) is 5.75 Å². The summed E-state index contributed by atoms with van der Waals surface area (Å²) in [5.74, 6) is -0.330. The van der Waals surface area contributed by atoms with Crippen molar-refractivity contribution in [3.8, 4) is 5.75 Å². The van der Waals surface area contributed by atoms with E-state index in [0.29, 0.717) is 22.7 Å². The van der Waals surface area contributed by atoms with Crippen molar-refractivity contribution in [2.45, 2.75) is 52.1 Å². The van der Waals surface area contributed by atoms with E-state index in [1.165, 1.54) is 25.0 Å². The van der Waals surface area contributed by atoms with Crippen LogP contribution in [-0.2, 0) is 4.74 Å². The highest BCUT2D eigenvalue weighted by atomic mass is 79.9. The standard InChI is InChI=1S/C17H22BrFO3/c1-17(2,3)22-16(20)12-8-13(18)15(9-14(12)19)21-10-11-6-4-5-7-11/h8-9,11H,4-7,10H2,1-3H3. The zero-order valence-electron chi connectivity index (χ0n) is 13.2. The molecule has 0 unspecified atom stereocenters. The molecule has 0 heterocycles. The van der Waals surface area contributed by atoms with Gasteiger partial charge in [-0.05, 0) is 61.5 Å². The molecule has 1 aromatic carbocycles. The highest BCUT2D eigenvalue weighted by Gasteiger charge is 2.23. The third kappa shape index (κ3) is 4.70. The van der Waals surface area contributed by atoms with Gasteiger partial charge in [-0.25, -0.2) is 9.18 Å². The first-order valence-electron chi connectivity index (χ1n) is 7.61. The number of ether oxygens (including phenoxy) is 2. The largest absolute Gasteiger partial charge is 0.492 e. The summed E-state index contributed by atoms with van der Waals surface area (Å²) in [4.78, 5) is 12.0. The van der Waals surface area contributed by atoms with Gasteiger partial charge < -0.3 is 9.47 Å². The summed E-state index contributed by atoms with van der Waals surface area (Å²) in [5.41, 5.74) is -0.747. The molecule has 1 aromatic rings. The predicted molar refractivity (Wildman–Crippen MR) is 86.7 cm³/mol. The molecule has 0 aliphatic heterocycles. The fraction of sp³-hybridized carbons (Fsp3) is 0.588. The van der Waals surface area contributed by atoms with E-state index in [9.17, 15) is 9.18 Å². The van der Waals surface area contributed by atoms with Crippen LogP contribution in [0, 0.1) is 11.7 Å². The summed E-state index contributed by atoms with van der Waals surface area (Å²) in [6.45, 7) is 5.83. The minimum atomic E-state index is -0.673. The van der Waals surface area contributed by atoms with Gasteiger partial charge in [-0.1, -0.05) is 12.8 Å². The summed E-state index contributed by atoms with van der Waals surface area (Å²) < 4.78 is 25.6. The second kappa shape index (κ2) is 6.99. The van der Waals surface area contributed by atoms with Gasteiger partial charge in [0.2, 0.25) is 0 Å². The molecule has 1 saturated carbocycles. The van der Waals surface area contributed by atoms with E-state index in [1.807, 2.05) is 0 Å². The fourth-order valence-corrected chi connectivity index (χ4v) is 2.97. The molecule has 0 bridgehead atoms. The number of hydrogen-bond acceptors (Lipinski definition) is 3. The van der Waals surface area contributed by atoms with Gasteiger partial charge in [0.05, 0.1) is 16.6 Å². The van der Waals surface area contributed by atoms with E-state index in [0.717, 1.165) is 12.8 Å². The highest BCUT2D eigenvalue weighted by molar-refractivity contribution is 9.10. The van der Waals surface area contributed by atoms with E-state index in [1.54, 1.807) is 20.8 Å². The van der Waals surface area contributed by atoms with Gasteiger partial charge in [-0.15, -0.1) is 0 Å². The normalized spacial score (nSPS) is 15.9. The van der Waals surface area contributed by atoms with E-state index >= 15 is 0 Å². The molecule has 0 radical (unpaired) electrons. The average molecular weight is 373 g/mol. The second-order valence-electron chi connectivity index (χ2n) is 6.73. The molecular formula is C17H22BrFO3. The minimum absolute atomic E-state index is 0.0879. The fourth-order valence-electron chi connectivity index (χ4n) is 2.51.